The molecular formula is C21H36O2. The summed E-state index contributed by atoms with van der Waals surface area (Å²) in [5, 5.41) is 21.2. The maximum atomic E-state index is 11.0. The number of hydrogen-bond donors (Lipinski definition) is 2. The summed E-state index contributed by atoms with van der Waals surface area (Å²) in [7, 11) is 0. The summed E-state index contributed by atoms with van der Waals surface area (Å²) < 4.78 is 0. The summed E-state index contributed by atoms with van der Waals surface area (Å²) in [6.07, 6.45) is 9.19. The van der Waals surface area contributed by atoms with Crippen LogP contribution in [0.1, 0.15) is 79.1 Å². The van der Waals surface area contributed by atoms with Gasteiger partial charge in [-0.2, -0.15) is 0 Å². The zero-order valence-electron chi connectivity index (χ0n) is 15.5. The summed E-state index contributed by atoms with van der Waals surface area (Å²) in [6.45, 7) is 9.49. The fourth-order valence-electron chi connectivity index (χ4n) is 7.86. The Bertz CT molecular complexity index is 486. The summed E-state index contributed by atoms with van der Waals surface area (Å²) in [6, 6.07) is 0. The molecule has 4 aliphatic rings. The molecule has 4 saturated carbocycles. The van der Waals surface area contributed by atoms with Crippen molar-refractivity contribution in [3.63, 3.8) is 0 Å². The Balaban J connectivity index is 1.68. The van der Waals surface area contributed by atoms with E-state index in [-0.39, 0.29) is 11.5 Å². The van der Waals surface area contributed by atoms with Crippen molar-refractivity contribution in [3.05, 3.63) is 0 Å². The van der Waals surface area contributed by atoms with E-state index >= 15 is 0 Å². The number of hydrogen-bond acceptors (Lipinski definition) is 2. The van der Waals surface area contributed by atoms with Crippen molar-refractivity contribution in [2.24, 2.45) is 40.4 Å². The van der Waals surface area contributed by atoms with E-state index in [2.05, 4.69) is 27.7 Å². The van der Waals surface area contributed by atoms with E-state index in [0.29, 0.717) is 17.3 Å². The lowest BCUT2D eigenvalue weighted by Crippen LogP contribution is -2.58. The van der Waals surface area contributed by atoms with E-state index in [1.807, 2.05) is 0 Å². The number of aliphatic hydroxyl groups excluding tert-OH is 1. The maximum absolute atomic E-state index is 11.0. The minimum absolute atomic E-state index is 0.0575. The van der Waals surface area contributed by atoms with E-state index in [1.54, 1.807) is 0 Å². The Morgan fingerprint density at radius 3 is 2.30 bits per heavy atom. The highest BCUT2D eigenvalue weighted by Gasteiger charge is 2.64. The highest BCUT2D eigenvalue weighted by atomic mass is 16.3. The standard InChI is InChI=1S/C21H36O2/c1-13-11-14-12-15(22)5-8-19(14,2)16-6-9-20(3)17(18(13)16)7-10-21(20,4)23/h13-18,22-23H,5-12H2,1-4H3/t13-,14?,15?,16?,17?,18?,19-,20-,21-/m0/s1. The molecule has 0 aromatic heterocycles. The molecule has 0 aromatic rings. The third kappa shape index (κ3) is 2.06. The molecule has 0 bridgehead atoms. The molecule has 0 radical (unpaired) electrons. The van der Waals surface area contributed by atoms with Crippen LogP contribution in [0.15, 0.2) is 0 Å². The van der Waals surface area contributed by atoms with Crippen molar-refractivity contribution in [2.45, 2.75) is 90.8 Å². The van der Waals surface area contributed by atoms with Crippen molar-refractivity contribution in [3.8, 4) is 0 Å². The molecule has 4 fully saturated rings. The van der Waals surface area contributed by atoms with Gasteiger partial charge in [0.2, 0.25) is 0 Å². The van der Waals surface area contributed by atoms with E-state index in [9.17, 15) is 10.2 Å². The summed E-state index contributed by atoms with van der Waals surface area (Å²) in [4.78, 5) is 0. The first kappa shape index (κ1) is 16.4. The Labute approximate surface area is 142 Å². The second-order valence-electron chi connectivity index (χ2n) is 10.4. The fraction of sp³-hybridized carbons (Fsp3) is 1.00. The average Bonchev–Trinajstić information content (AvgIpc) is 2.72. The van der Waals surface area contributed by atoms with Crippen LogP contribution in [0.5, 0.6) is 0 Å². The molecule has 0 saturated heterocycles. The first-order valence-corrected chi connectivity index (χ1v) is 10.1. The molecule has 0 aliphatic heterocycles. The third-order valence-corrected chi connectivity index (χ3v) is 9.56. The molecule has 132 valence electrons. The van der Waals surface area contributed by atoms with Crippen LogP contribution in [0.4, 0.5) is 0 Å². The first-order chi connectivity index (χ1) is 10.7. The third-order valence-electron chi connectivity index (χ3n) is 9.56. The minimum Gasteiger partial charge on any atom is -0.393 e. The average molecular weight is 321 g/mol. The molecule has 0 spiro atoms. The van der Waals surface area contributed by atoms with Crippen LogP contribution in [0.3, 0.4) is 0 Å². The predicted molar refractivity (Wildman–Crippen MR) is 92.9 cm³/mol. The van der Waals surface area contributed by atoms with Gasteiger partial charge in [-0.3, -0.25) is 0 Å². The van der Waals surface area contributed by atoms with Gasteiger partial charge in [-0.25, -0.2) is 0 Å². The van der Waals surface area contributed by atoms with E-state index in [4.69, 9.17) is 0 Å². The molecule has 4 rings (SSSR count). The van der Waals surface area contributed by atoms with Crippen molar-refractivity contribution in [1.29, 1.82) is 0 Å². The van der Waals surface area contributed by atoms with Crippen LogP contribution in [0.25, 0.3) is 0 Å². The van der Waals surface area contributed by atoms with E-state index < -0.39 is 5.60 Å². The van der Waals surface area contributed by atoms with E-state index in [1.165, 1.54) is 32.1 Å². The highest BCUT2D eigenvalue weighted by molar-refractivity contribution is 5.13. The van der Waals surface area contributed by atoms with E-state index in [0.717, 1.165) is 37.0 Å². The van der Waals surface area contributed by atoms with Crippen LogP contribution in [-0.2, 0) is 0 Å². The molecule has 2 nitrogen and oxygen atoms in total. The predicted octanol–water partition coefficient (Wildman–Crippen LogP) is 4.39. The van der Waals surface area contributed by atoms with Crippen molar-refractivity contribution < 1.29 is 10.2 Å². The lowest BCUT2D eigenvalue weighted by molar-refractivity contribution is -0.169. The first-order valence-electron chi connectivity index (χ1n) is 10.1. The molecular weight excluding hydrogens is 284 g/mol. The van der Waals surface area contributed by atoms with Crippen LogP contribution >= 0.6 is 0 Å². The normalized spacial score (nSPS) is 62.3. The van der Waals surface area contributed by atoms with Crippen LogP contribution in [0.2, 0.25) is 0 Å². The summed E-state index contributed by atoms with van der Waals surface area (Å²) in [5.74, 6) is 3.78. The summed E-state index contributed by atoms with van der Waals surface area (Å²) in [5.41, 5.74) is 0.0921. The molecule has 0 amide bonds. The van der Waals surface area contributed by atoms with Crippen molar-refractivity contribution in [1.82, 2.24) is 0 Å². The van der Waals surface area contributed by atoms with Crippen molar-refractivity contribution in [2.75, 3.05) is 0 Å². The molecule has 23 heavy (non-hydrogen) atoms. The molecule has 4 aliphatic carbocycles. The molecule has 9 atom stereocenters. The summed E-state index contributed by atoms with van der Waals surface area (Å²) >= 11 is 0. The van der Waals surface area contributed by atoms with Gasteiger partial charge in [-0.1, -0.05) is 20.8 Å². The minimum atomic E-state index is -0.469. The van der Waals surface area contributed by atoms with Gasteiger partial charge < -0.3 is 10.2 Å². The zero-order valence-corrected chi connectivity index (χ0v) is 15.5. The fourth-order valence-corrected chi connectivity index (χ4v) is 7.86. The Hall–Kier alpha value is -0.0800. The van der Waals surface area contributed by atoms with Gasteiger partial charge in [0.05, 0.1) is 11.7 Å². The topological polar surface area (TPSA) is 40.5 Å². The molecule has 2 heteroatoms. The molecule has 2 N–H and O–H groups in total. The number of aliphatic hydroxyl groups is 2. The van der Waals surface area contributed by atoms with Gasteiger partial charge in [0.25, 0.3) is 0 Å². The van der Waals surface area contributed by atoms with Crippen LogP contribution in [-0.4, -0.2) is 21.9 Å². The van der Waals surface area contributed by atoms with Gasteiger partial charge in [0.15, 0.2) is 0 Å². The maximum Gasteiger partial charge on any atom is 0.0675 e. The van der Waals surface area contributed by atoms with Crippen LogP contribution in [0, 0.1) is 40.4 Å². The quantitative estimate of drug-likeness (QED) is 0.695. The number of rotatable bonds is 0. The highest BCUT2D eigenvalue weighted by Crippen LogP contribution is 2.69. The van der Waals surface area contributed by atoms with Crippen molar-refractivity contribution >= 4 is 0 Å². The monoisotopic (exact) mass is 320 g/mol. The van der Waals surface area contributed by atoms with Crippen LogP contribution < -0.4 is 0 Å². The lowest BCUT2D eigenvalue weighted by Gasteiger charge is -2.63. The second kappa shape index (κ2) is 4.97. The second-order valence-corrected chi connectivity index (χ2v) is 10.4. The largest absolute Gasteiger partial charge is 0.393 e. The molecule has 0 heterocycles. The zero-order chi connectivity index (χ0) is 16.6. The van der Waals surface area contributed by atoms with Gasteiger partial charge >= 0.3 is 0 Å². The molecule has 0 aromatic carbocycles. The van der Waals surface area contributed by atoms with Gasteiger partial charge in [0.1, 0.15) is 0 Å². The van der Waals surface area contributed by atoms with Gasteiger partial charge in [-0.15, -0.1) is 0 Å². The van der Waals surface area contributed by atoms with Gasteiger partial charge in [0, 0.05) is 0 Å². The Kier molecular flexibility index (Phi) is 3.54. The Morgan fingerprint density at radius 1 is 0.870 bits per heavy atom. The Morgan fingerprint density at radius 2 is 1.57 bits per heavy atom. The number of fused-ring (bicyclic) bond motifs is 5. The lowest BCUT2D eigenvalue weighted by atomic mass is 9.42. The molecule has 5 unspecified atom stereocenters. The smallest absolute Gasteiger partial charge is 0.0675 e. The SMILES string of the molecule is C[C@H]1CC2CC(O)CC[C@]2(C)C2CC[C@@]3(C)C(CC[C@]3(C)O)C21. The van der Waals surface area contributed by atoms with Gasteiger partial charge in [-0.05, 0) is 98.7 Å².